The number of rotatable bonds is 5. The van der Waals surface area contributed by atoms with Gasteiger partial charge in [0, 0.05) is 12.1 Å². The van der Waals surface area contributed by atoms with Gasteiger partial charge in [-0.25, -0.2) is 4.79 Å². The molecule has 1 aromatic carbocycles. The molecule has 2 rings (SSSR count). The molecule has 1 saturated carbocycles. The van der Waals surface area contributed by atoms with Crippen LogP contribution in [0.4, 0.5) is 10.5 Å². The first kappa shape index (κ1) is 13.8. The predicted molar refractivity (Wildman–Crippen MR) is 68.3 cm³/mol. The summed E-state index contributed by atoms with van der Waals surface area (Å²) in [5, 5.41) is 15.4. The number of nitrogens with one attached hydrogen (secondary N) is 2. The Morgan fingerprint density at radius 3 is 2.70 bits per heavy atom. The number of nitro benzene ring substituents is 1. The standard InChI is InChI=1S/C12H13N3O5/c16-11(14-12(17)13-8-5-6-8)7-20-10-4-2-1-3-9(10)15(18)19/h1-4,8H,5-7H2,(H2,13,14,16,17). The monoisotopic (exact) mass is 279 g/mol. The molecule has 106 valence electrons. The number of ether oxygens (including phenoxy) is 1. The Morgan fingerprint density at radius 2 is 2.05 bits per heavy atom. The van der Waals surface area contributed by atoms with Crippen molar-refractivity contribution >= 4 is 17.6 Å². The molecule has 0 saturated heterocycles. The highest BCUT2D eigenvalue weighted by atomic mass is 16.6. The van der Waals surface area contributed by atoms with Crippen molar-refractivity contribution in [2.75, 3.05) is 6.61 Å². The van der Waals surface area contributed by atoms with Crippen LogP contribution < -0.4 is 15.4 Å². The number of amides is 3. The van der Waals surface area contributed by atoms with Crippen LogP contribution in [0.3, 0.4) is 0 Å². The molecule has 0 atom stereocenters. The number of hydrogen-bond acceptors (Lipinski definition) is 5. The van der Waals surface area contributed by atoms with Gasteiger partial charge in [-0.3, -0.25) is 20.2 Å². The summed E-state index contributed by atoms with van der Waals surface area (Å²) in [7, 11) is 0. The summed E-state index contributed by atoms with van der Waals surface area (Å²) in [6.07, 6.45) is 1.82. The highest BCUT2D eigenvalue weighted by Gasteiger charge is 2.24. The van der Waals surface area contributed by atoms with E-state index in [0.29, 0.717) is 0 Å². The van der Waals surface area contributed by atoms with E-state index in [9.17, 15) is 19.7 Å². The van der Waals surface area contributed by atoms with Crippen molar-refractivity contribution in [1.29, 1.82) is 0 Å². The van der Waals surface area contributed by atoms with Crippen molar-refractivity contribution in [1.82, 2.24) is 10.6 Å². The van der Waals surface area contributed by atoms with Gasteiger partial charge in [-0.2, -0.15) is 0 Å². The molecular formula is C12H13N3O5. The van der Waals surface area contributed by atoms with Crippen molar-refractivity contribution in [3.63, 3.8) is 0 Å². The van der Waals surface area contributed by atoms with Gasteiger partial charge in [0.2, 0.25) is 0 Å². The number of carbonyl (C=O) groups is 2. The van der Waals surface area contributed by atoms with E-state index in [1.54, 1.807) is 6.07 Å². The molecule has 3 amide bonds. The number of carbonyl (C=O) groups excluding carboxylic acids is 2. The number of para-hydroxylation sites is 2. The van der Waals surface area contributed by atoms with E-state index in [1.807, 2.05) is 0 Å². The molecule has 8 heteroatoms. The minimum atomic E-state index is -0.665. The van der Waals surface area contributed by atoms with Gasteiger partial charge in [-0.05, 0) is 18.9 Å². The second kappa shape index (κ2) is 6.00. The first-order chi connectivity index (χ1) is 9.56. The molecule has 1 aromatic rings. The zero-order valence-corrected chi connectivity index (χ0v) is 10.5. The van der Waals surface area contributed by atoms with Crippen LogP contribution in [0.15, 0.2) is 24.3 Å². The Labute approximate surface area is 114 Å². The number of hydrogen-bond donors (Lipinski definition) is 2. The zero-order chi connectivity index (χ0) is 14.5. The van der Waals surface area contributed by atoms with E-state index in [-0.39, 0.29) is 17.5 Å². The van der Waals surface area contributed by atoms with Gasteiger partial charge in [0.1, 0.15) is 0 Å². The Hall–Kier alpha value is -2.64. The molecule has 1 aliphatic carbocycles. The van der Waals surface area contributed by atoms with Crippen LogP contribution >= 0.6 is 0 Å². The first-order valence-electron chi connectivity index (χ1n) is 6.03. The summed E-state index contributed by atoms with van der Waals surface area (Å²) in [6, 6.07) is 5.26. The van der Waals surface area contributed by atoms with E-state index in [0.717, 1.165) is 12.8 Å². The van der Waals surface area contributed by atoms with Gasteiger partial charge in [-0.15, -0.1) is 0 Å². The second-order valence-corrected chi connectivity index (χ2v) is 4.31. The zero-order valence-electron chi connectivity index (χ0n) is 10.5. The molecule has 2 N–H and O–H groups in total. The van der Waals surface area contributed by atoms with Crippen molar-refractivity contribution in [3.8, 4) is 5.75 Å². The van der Waals surface area contributed by atoms with Crippen LogP contribution in [-0.4, -0.2) is 29.5 Å². The maximum absolute atomic E-state index is 11.4. The van der Waals surface area contributed by atoms with Crippen molar-refractivity contribution < 1.29 is 19.2 Å². The number of benzene rings is 1. The Bertz CT molecular complexity index is 542. The summed E-state index contributed by atoms with van der Waals surface area (Å²) in [5.74, 6) is -0.684. The lowest BCUT2D eigenvalue weighted by Crippen LogP contribution is -2.42. The molecule has 0 radical (unpaired) electrons. The molecule has 0 unspecified atom stereocenters. The van der Waals surface area contributed by atoms with E-state index < -0.39 is 23.5 Å². The Balaban J connectivity index is 1.83. The smallest absolute Gasteiger partial charge is 0.321 e. The lowest BCUT2D eigenvalue weighted by molar-refractivity contribution is -0.385. The number of nitro groups is 1. The molecule has 0 bridgehead atoms. The molecule has 0 aromatic heterocycles. The minimum absolute atomic E-state index is 0.0183. The summed E-state index contributed by atoms with van der Waals surface area (Å²) in [5.41, 5.74) is -0.234. The van der Waals surface area contributed by atoms with Crippen LogP contribution in [-0.2, 0) is 4.79 Å². The predicted octanol–water partition coefficient (Wildman–Crippen LogP) is 0.962. The SMILES string of the molecule is O=C(COc1ccccc1[N+](=O)[O-])NC(=O)NC1CC1. The molecule has 8 nitrogen and oxygen atoms in total. The third kappa shape index (κ3) is 3.94. The topological polar surface area (TPSA) is 111 Å². The summed E-state index contributed by atoms with van der Waals surface area (Å²) in [4.78, 5) is 32.9. The van der Waals surface area contributed by atoms with Gasteiger partial charge in [0.25, 0.3) is 5.91 Å². The molecule has 0 heterocycles. The molecule has 1 aliphatic rings. The first-order valence-corrected chi connectivity index (χ1v) is 6.03. The number of urea groups is 1. The Morgan fingerprint density at radius 1 is 1.35 bits per heavy atom. The molecule has 0 spiro atoms. The third-order valence-corrected chi connectivity index (χ3v) is 2.59. The van der Waals surface area contributed by atoms with Crippen molar-refractivity contribution in [2.24, 2.45) is 0 Å². The fraction of sp³-hybridized carbons (Fsp3) is 0.333. The average Bonchev–Trinajstić information content (AvgIpc) is 3.20. The maximum atomic E-state index is 11.4. The van der Waals surface area contributed by atoms with Crippen LogP contribution in [0.1, 0.15) is 12.8 Å². The van der Waals surface area contributed by atoms with Crippen LogP contribution in [0.5, 0.6) is 5.75 Å². The highest BCUT2D eigenvalue weighted by molar-refractivity contribution is 5.95. The molecular weight excluding hydrogens is 266 g/mol. The van der Waals surface area contributed by atoms with E-state index in [4.69, 9.17) is 4.74 Å². The van der Waals surface area contributed by atoms with Crippen LogP contribution in [0.2, 0.25) is 0 Å². The highest BCUT2D eigenvalue weighted by Crippen LogP contribution is 2.25. The minimum Gasteiger partial charge on any atom is -0.477 e. The average molecular weight is 279 g/mol. The van der Waals surface area contributed by atoms with E-state index in [1.165, 1.54) is 18.2 Å². The third-order valence-electron chi connectivity index (χ3n) is 2.59. The fourth-order valence-corrected chi connectivity index (χ4v) is 1.49. The largest absolute Gasteiger partial charge is 0.477 e. The quantitative estimate of drug-likeness (QED) is 0.616. The summed E-state index contributed by atoms with van der Waals surface area (Å²) < 4.78 is 5.05. The van der Waals surface area contributed by atoms with E-state index in [2.05, 4.69) is 10.6 Å². The number of imide groups is 1. The van der Waals surface area contributed by atoms with Gasteiger partial charge in [0.15, 0.2) is 12.4 Å². The Kier molecular flexibility index (Phi) is 4.14. The van der Waals surface area contributed by atoms with Gasteiger partial charge in [-0.1, -0.05) is 12.1 Å². The lowest BCUT2D eigenvalue weighted by Gasteiger charge is -2.07. The van der Waals surface area contributed by atoms with Crippen LogP contribution in [0.25, 0.3) is 0 Å². The van der Waals surface area contributed by atoms with Gasteiger partial charge in [0.05, 0.1) is 4.92 Å². The van der Waals surface area contributed by atoms with Crippen molar-refractivity contribution in [3.05, 3.63) is 34.4 Å². The van der Waals surface area contributed by atoms with E-state index >= 15 is 0 Å². The normalized spacial score (nSPS) is 13.4. The lowest BCUT2D eigenvalue weighted by atomic mass is 10.3. The molecule has 20 heavy (non-hydrogen) atoms. The van der Waals surface area contributed by atoms with Crippen molar-refractivity contribution in [2.45, 2.75) is 18.9 Å². The second-order valence-electron chi connectivity index (χ2n) is 4.31. The van der Waals surface area contributed by atoms with Gasteiger partial charge >= 0.3 is 11.7 Å². The molecule has 0 aliphatic heterocycles. The molecule has 1 fully saturated rings. The maximum Gasteiger partial charge on any atom is 0.321 e. The van der Waals surface area contributed by atoms with Crippen LogP contribution in [0, 0.1) is 10.1 Å². The van der Waals surface area contributed by atoms with Gasteiger partial charge < -0.3 is 10.1 Å². The summed E-state index contributed by atoms with van der Waals surface area (Å²) >= 11 is 0. The summed E-state index contributed by atoms with van der Waals surface area (Å²) in [6.45, 7) is -0.469. The number of nitrogens with zero attached hydrogens (tertiary/aromatic N) is 1. The fourth-order valence-electron chi connectivity index (χ4n) is 1.49.